The Morgan fingerprint density at radius 2 is 2.30 bits per heavy atom. The summed E-state index contributed by atoms with van der Waals surface area (Å²) in [5.41, 5.74) is 6.34. The van der Waals surface area contributed by atoms with Crippen LogP contribution in [0.25, 0.3) is 0 Å². The molecule has 2 aliphatic rings. The van der Waals surface area contributed by atoms with Crippen LogP contribution in [0, 0.1) is 17.3 Å². The second-order valence-corrected chi connectivity index (χ2v) is 3.64. The average molecular weight is 132 g/mol. The first-order valence-electron chi connectivity index (χ1n) is 3.90. The molecule has 0 heteroatoms. The molecule has 0 bridgehead atoms. The third kappa shape index (κ3) is 0.639. The first-order chi connectivity index (χ1) is 4.79. The minimum Gasteiger partial charge on any atom is -0.0785 e. The van der Waals surface area contributed by atoms with Gasteiger partial charge in [0.1, 0.15) is 0 Å². The first kappa shape index (κ1) is 6.04. The summed E-state index contributed by atoms with van der Waals surface area (Å²) in [5, 5.41) is 0. The zero-order valence-electron chi connectivity index (χ0n) is 6.35. The second kappa shape index (κ2) is 1.66. The second-order valence-electron chi connectivity index (χ2n) is 3.64. The molecule has 2 saturated carbocycles. The minimum absolute atomic E-state index is 0.740. The van der Waals surface area contributed by atoms with E-state index in [0.717, 1.165) is 17.3 Å². The van der Waals surface area contributed by atoms with Crippen LogP contribution in [0.2, 0.25) is 0 Å². The molecule has 52 valence electrons. The summed E-state index contributed by atoms with van der Waals surface area (Å²) in [6.45, 7) is 5.82. The van der Waals surface area contributed by atoms with Crippen molar-refractivity contribution < 1.29 is 0 Å². The van der Waals surface area contributed by atoms with E-state index >= 15 is 0 Å². The fourth-order valence-corrected chi connectivity index (χ4v) is 2.05. The van der Waals surface area contributed by atoms with Crippen molar-refractivity contribution in [2.75, 3.05) is 0 Å². The summed E-state index contributed by atoms with van der Waals surface area (Å²) in [4.78, 5) is 0. The van der Waals surface area contributed by atoms with Crippen LogP contribution >= 0.6 is 0 Å². The Labute approximate surface area is 61.9 Å². The average Bonchev–Trinajstić information content (AvgIpc) is 2.74. The van der Waals surface area contributed by atoms with Crippen molar-refractivity contribution in [1.29, 1.82) is 0 Å². The van der Waals surface area contributed by atoms with Gasteiger partial charge in [-0.25, -0.2) is 0 Å². The molecular weight excluding hydrogens is 120 g/mol. The molecule has 0 nitrogen and oxygen atoms in total. The molecule has 0 heterocycles. The van der Waals surface area contributed by atoms with E-state index in [1.807, 2.05) is 0 Å². The molecular formula is C10H12. The molecule has 2 rings (SSSR count). The molecule has 1 spiro atoms. The lowest BCUT2D eigenvalue weighted by atomic mass is 10.2. The van der Waals surface area contributed by atoms with Crippen molar-refractivity contribution in [3.8, 4) is 0 Å². The highest BCUT2D eigenvalue weighted by atomic mass is 14.7. The first-order valence-corrected chi connectivity index (χ1v) is 3.90. The van der Waals surface area contributed by atoms with E-state index in [0.29, 0.717) is 0 Å². The van der Waals surface area contributed by atoms with Crippen molar-refractivity contribution in [2.24, 2.45) is 17.3 Å². The predicted octanol–water partition coefficient (Wildman–Crippen LogP) is 2.53. The van der Waals surface area contributed by atoms with Gasteiger partial charge in [0.15, 0.2) is 0 Å². The molecule has 2 fully saturated rings. The molecule has 2 aliphatic carbocycles. The summed E-state index contributed by atoms with van der Waals surface area (Å²) in [7, 11) is 0. The van der Waals surface area contributed by atoms with Gasteiger partial charge in [0.25, 0.3) is 0 Å². The maximum Gasteiger partial charge on any atom is -0.00859 e. The van der Waals surface area contributed by atoms with Gasteiger partial charge in [-0.3, -0.25) is 0 Å². The van der Waals surface area contributed by atoms with Gasteiger partial charge in [0.2, 0.25) is 0 Å². The van der Waals surface area contributed by atoms with Crippen LogP contribution in [0.4, 0.5) is 0 Å². The Kier molecular flexibility index (Phi) is 1.01. The third-order valence-electron chi connectivity index (χ3n) is 3.07. The van der Waals surface area contributed by atoms with Crippen molar-refractivity contribution >= 4 is 0 Å². The monoisotopic (exact) mass is 132 g/mol. The van der Waals surface area contributed by atoms with Gasteiger partial charge >= 0.3 is 0 Å². The normalized spacial score (nSPS) is 47.7. The van der Waals surface area contributed by atoms with E-state index in [1.54, 1.807) is 0 Å². The number of rotatable bonds is 1. The Morgan fingerprint density at radius 3 is 2.70 bits per heavy atom. The Morgan fingerprint density at radius 1 is 1.60 bits per heavy atom. The molecule has 10 heavy (non-hydrogen) atoms. The molecule has 0 saturated heterocycles. The van der Waals surface area contributed by atoms with Crippen molar-refractivity contribution in [3.05, 3.63) is 24.1 Å². The maximum absolute atomic E-state index is 3.48. The minimum atomic E-state index is 0.740. The standard InChI is InChI=1S/C10H12/c1-3-4-5-9-7-10(9)6-8(10)2/h5,8-9H,1,6-7H2,2H3. The van der Waals surface area contributed by atoms with E-state index in [2.05, 4.69) is 31.0 Å². The highest BCUT2D eigenvalue weighted by Crippen LogP contribution is 2.74. The fraction of sp³-hybridized carbons (Fsp3) is 0.600. The Bertz CT molecular complexity index is 239. The van der Waals surface area contributed by atoms with Crippen molar-refractivity contribution in [2.45, 2.75) is 19.8 Å². The third-order valence-corrected chi connectivity index (χ3v) is 3.07. The molecule has 0 aromatic rings. The zero-order chi connectivity index (χ0) is 7.19. The highest BCUT2D eigenvalue weighted by molar-refractivity contribution is 5.22. The van der Waals surface area contributed by atoms with Crippen LogP contribution < -0.4 is 0 Å². The molecule has 0 aromatic carbocycles. The molecule has 0 N–H and O–H groups in total. The van der Waals surface area contributed by atoms with Crippen LogP contribution in [0.15, 0.2) is 24.1 Å². The Hall–Kier alpha value is -0.700. The summed E-state index contributed by atoms with van der Waals surface area (Å²) in [5.74, 6) is 1.79. The molecule has 3 atom stereocenters. The van der Waals surface area contributed by atoms with Gasteiger partial charge in [-0.15, -0.1) is 0 Å². The quantitative estimate of drug-likeness (QED) is 0.481. The van der Waals surface area contributed by atoms with Crippen LogP contribution in [-0.4, -0.2) is 0 Å². The summed E-state index contributed by atoms with van der Waals surface area (Å²) in [6, 6.07) is 0. The van der Waals surface area contributed by atoms with Gasteiger partial charge in [-0.2, -0.15) is 0 Å². The van der Waals surface area contributed by atoms with Crippen LogP contribution in [0.3, 0.4) is 0 Å². The molecule has 0 aromatic heterocycles. The van der Waals surface area contributed by atoms with E-state index in [4.69, 9.17) is 0 Å². The van der Waals surface area contributed by atoms with Gasteiger partial charge in [0, 0.05) is 0 Å². The van der Waals surface area contributed by atoms with Gasteiger partial charge in [0.05, 0.1) is 0 Å². The fourth-order valence-electron chi connectivity index (χ4n) is 2.05. The molecule has 0 radical (unpaired) electrons. The number of allylic oxidation sites excluding steroid dienone is 1. The predicted molar refractivity (Wildman–Crippen MR) is 41.5 cm³/mol. The smallest absolute Gasteiger partial charge is 0.00859 e. The van der Waals surface area contributed by atoms with Gasteiger partial charge in [-0.05, 0) is 42.7 Å². The van der Waals surface area contributed by atoms with Gasteiger partial charge < -0.3 is 0 Å². The molecule has 3 unspecified atom stereocenters. The van der Waals surface area contributed by atoms with Crippen molar-refractivity contribution in [1.82, 2.24) is 0 Å². The van der Waals surface area contributed by atoms with Crippen LogP contribution in [-0.2, 0) is 0 Å². The largest absolute Gasteiger partial charge is 0.0785 e. The lowest BCUT2D eigenvalue weighted by molar-refractivity contribution is 0.727. The molecule has 0 amide bonds. The summed E-state index contributed by atoms with van der Waals surface area (Å²) < 4.78 is 0. The maximum atomic E-state index is 3.48. The van der Waals surface area contributed by atoms with Crippen LogP contribution in [0.5, 0.6) is 0 Å². The topological polar surface area (TPSA) is 0 Å². The highest BCUT2D eigenvalue weighted by Gasteiger charge is 2.67. The lowest BCUT2D eigenvalue weighted by Gasteiger charge is -1.81. The van der Waals surface area contributed by atoms with Crippen molar-refractivity contribution in [3.63, 3.8) is 0 Å². The van der Waals surface area contributed by atoms with E-state index in [-0.39, 0.29) is 0 Å². The van der Waals surface area contributed by atoms with Gasteiger partial charge in [-0.1, -0.05) is 18.4 Å². The summed E-state index contributed by atoms with van der Waals surface area (Å²) in [6.07, 6.45) is 4.96. The van der Waals surface area contributed by atoms with E-state index in [1.165, 1.54) is 12.8 Å². The SMILES string of the molecule is C=C=C=CC1CC12CC2C. The van der Waals surface area contributed by atoms with E-state index in [9.17, 15) is 0 Å². The lowest BCUT2D eigenvalue weighted by Crippen LogP contribution is -1.75. The Balaban J connectivity index is 2.03. The number of hydrogen-bond acceptors (Lipinski definition) is 0. The summed E-state index contributed by atoms with van der Waals surface area (Å²) >= 11 is 0. The number of hydrogen-bond donors (Lipinski definition) is 0. The molecule has 0 aliphatic heterocycles. The zero-order valence-corrected chi connectivity index (χ0v) is 6.35. The van der Waals surface area contributed by atoms with Crippen LogP contribution in [0.1, 0.15) is 19.8 Å². The van der Waals surface area contributed by atoms with E-state index < -0.39 is 0 Å².